The van der Waals surface area contributed by atoms with E-state index in [-0.39, 0.29) is 6.42 Å². The molecule has 1 aromatic carbocycles. The highest BCUT2D eigenvalue weighted by atomic mass is 16.5. The van der Waals surface area contributed by atoms with Gasteiger partial charge in [0, 0.05) is 6.42 Å². The van der Waals surface area contributed by atoms with E-state index in [4.69, 9.17) is 0 Å². The molecule has 2 atom stereocenters. The molecule has 0 bridgehead atoms. The fraction of sp³-hybridized carbons (Fsp3) is 0.400. The van der Waals surface area contributed by atoms with Gasteiger partial charge >= 0.3 is 11.9 Å². The Morgan fingerprint density at radius 3 is 2.33 bits per heavy atom. The first-order chi connectivity index (χ1) is 9.81. The van der Waals surface area contributed by atoms with Crippen molar-refractivity contribution in [2.45, 2.75) is 31.7 Å². The SMILES string of the molecule is COC(=O)C(C)NC(=O)CC(C)(C(=O)O)c1ccccc1. The molecule has 0 aliphatic rings. The minimum atomic E-state index is -1.36. The molecule has 2 unspecified atom stereocenters. The van der Waals surface area contributed by atoms with Crippen molar-refractivity contribution in [3.05, 3.63) is 35.9 Å². The highest BCUT2D eigenvalue weighted by Gasteiger charge is 2.38. The van der Waals surface area contributed by atoms with E-state index in [9.17, 15) is 19.5 Å². The van der Waals surface area contributed by atoms with Crippen molar-refractivity contribution in [2.24, 2.45) is 0 Å². The summed E-state index contributed by atoms with van der Waals surface area (Å²) in [6.45, 7) is 2.96. The number of rotatable bonds is 6. The average Bonchev–Trinajstić information content (AvgIpc) is 2.46. The number of aliphatic carboxylic acids is 1. The van der Waals surface area contributed by atoms with Crippen molar-refractivity contribution in [3.63, 3.8) is 0 Å². The fourth-order valence-electron chi connectivity index (χ4n) is 1.96. The summed E-state index contributed by atoms with van der Waals surface area (Å²) in [5, 5.41) is 11.9. The van der Waals surface area contributed by atoms with E-state index in [1.54, 1.807) is 30.3 Å². The number of carboxylic acid groups (broad SMARTS) is 1. The summed E-state index contributed by atoms with van der Waals surface area (Å²) < 4.78 is 4.51. The first-order valence-corrected chi connectivity index (χ1v) is 6.47. The van der Waals surface area contributed by atoms with Gasteiger partial charge < -0.3 is 15.2 Å². The summed E-state index contributed by atoms with van der Waals surface area (Å²) >= 11 is 0. The third-order valence-corrected chi connectivity index (χ3v) is 3.33. The number of carboxylic acids is 1. The highest BCUT2D eigenvalue weighted by molar-refractivity contribution is 5.91. The van der Waals surface area contributed by atoms with Gasteiger partial charge in [-0.1, -0.05) is 30.3 Å². The summed E-state index contributed by atoms with van der Waals surface area (Å²) in [5.74, 6) is -2.21. The smallest absolute Gasteiger partial charge is 0.328 e. The zero-order valence-electron chi connectivity index (χ0n) is 12.3. The van der Waals surface area contributed by atoms with Crippen LogP contribution in [-0.4, -0.2) is 36.1 Å². The molecule has 1 aromatic rings. The van der Waals surface area contributed by atoms with Gasteiger partial charge in [0.05, 0.1) is 12.5 Å². The van der Waals surface area contributed by atoms with Crippen LogP contribution in [0.1, 0.15) is 25.8 Å². The van der Waals surface area contributed by atoms with E-state index < -0.39 is 29.3 Å². The Bertz CT molecular complexity index is 528. The van der Waals surface area contributed by atoms with E-state index in [0.29, 0.717) is 5.56 Å². The van der Waals surface area contributed by atoms with E-state index in [0.717, 1.165) is 0 Å². The number of esters is 1. The number of amides is 1. The highest BCUT2D eigenvalue weighted by Crippen LogP contribution is 2.28. The molecule has 0 fully saturated rings. The Hall–Kier alpha value is -2.37. The lowest BCUT2D eigenvalue weighted by atomic mass is 9.79. The second-order valence-electron chi connectivity index (χ2n) is 4.99. The quantitative estimate of drug-likeness (QED) is 0.766. The van der Waals surface area contributed by atoms with Crippen LogP contribution in [0.25, 0.3) is 0 Å². The molecule has 0 heterocycles. The molecule has 0 saturated heterocycles. The Balaban J connectivity index is 2.87. The van der Waals surface area contributed by atoms with Crippen LogP contribution >= 0.6 is 0 Å². The molecule has 0 spiro atoms. The molecular formula is C15H19NO5. The number of methoxy groups -OCH3 is 1. The molecule has 6 heteroatoms. The van der Waals surface area contributed by atoms with E-state index in [1.807, 2.05) is 0 Å². The zero-order chi connectivity index (χ0) is 16.0. The fourth-order valence-corrected chi connectivity index (χ4v) is 1.96. The van der Waals surface area contributed by atoms with Gasteiger partial charge in [0.2, 0.25) is 5.91 Å². The standard InChI is InChI=1S/C15H19NO5/c1-10(13(18)21-3)16-12(17)9-15(2,14(19)20)11-7-5-4-6-8-11/h4-8,10H,9H2,1-3H3,(H,16,17)(H,19,20). The first-order valence-electron chi connectivity index (χ1n) is 6.47. The zero-order valence-corrected chi connectivity index (χ0v) is 12.3. The number of hydrogen-bond acceptors (Lipinski definition) is 4. The lowest BCUT2D eigenvalue weighted by Crippen LogP contribution is -2.44. The van der Waals surface area contributed by atoms with Crippen LogP contribution in [0.15, 0.2) is 30.3 Å². The average molecular weight is 293 g/mol. The van der Waals surface area contributed by atoms with Crippen LogP contribution < -0.4 is 5.32 Å². The summed E-state index contributed by atoms with van der Waals surface area (Å²) in [6, 6.07) is 7.69. The molecule has 6 nitrogen and oxygen atoms in total. The summed E-state index contributed by atoms with van der Waals surface area (Å²) in [7, 11) is 1.22. The van der Waals surface area contributed by atoms with Crippen LogP contribution in [0, 0.1) is 0 Å². The molecule has 2 N–H and O–H groups in total. The molecule has 1 amide bonds. The third kappa shape index (κ3) is 4.05. The second-order valence-corrected chi connectivity index (χ2v) is 4.99. The molecular weight excluding hydrogens is 274 g/mol. The van der Waals surface area contributed by atoms with Gasteiger partial charge in [0.25, 0.3) is 0 Å². The normalized spacial score (nSPS) is 14.6. The van der Waals surface area contributed by atoms with E-state index in [2.05, 4.69) is 10.1 Å². The van der Waals surface area contributed by atoms with Gasteiger partial charge in [-0.2, -0.15) is 0 Å². The van der Waals surface area contributed by atoms with Gasteiger partial charge in [-0.3, -0.25) is 9.59 Å². The maximum Gasteiger partial charge on any atom is 0.328 e. The van der Waals surface area contributed by atoms with Gasteiger partial charge in [-0.05, 0) is 19.4 Å². The first kappa shape index (κ1) is 16.7. The van der Waals surface area contributed by atoms with Crippen LogP contribution in [-0.2, 0) is 24.5 Å². The molecule has 114 valence electrons. The molecule has 0 aromatic heterocycles. The Kier molecular flexibility index (Phi) is 5.46. The molecule has 0 aliphatic carbocycles. The maximum absolute atomic E-state index is 12.0. The predicted molar refractivity (Wildman–Crippen MR) is 75.7 cm³/mol. The van der Waals surface area contributed by atoms with Crippen molar-refractivity contribution in [3.8, 4) is 0 Å². The lowest BCUT2D eigenvalue weighted by Gasteiger charge is -2.25. The van der Waals surface area contributed by atoms with Gasteiger partial charge in [-0.25, -0.2) is 4.79 Å². The van der Waals surface area contributed by atoms with Crippen molar-refractivity contribution >= 4 is 17.8 Å². The van der Waals surface area contributed by atoms with Crippen molar-refractivity contribution < 1.29 is 24.2 Å². The Morgan fingerprint density at radius 1 is 1.29 bits per heavy atom. The summed E-state index contributed by atoms with van der Waals surface area (Å²) in [6.07, 6.45) is -0.270. The van der Waals surface area contributed by atoms with Crippen LogP contribution in [0.3, 0.4) is 0 Å². The minimum Gasteiger partial charge on any atom is -0.481 e. The molecule has 0 saturated carbocycles. The van der Waals surface area contributed by atoms with Gasteiger partial charge in [0.15, 0.2) is 0 Å². The monoisotopic (exact) mass is 293 g/mol. The largest absolute Gasteiger partial charge is 0.481 e. The van der Waals surface area contributed by atoms with E-state index >= 15 is 0 Å². The number of nitrogens with one attached hydrogen (secondary N) is 1. The minimum absolute atomic E-state index is 0.270. The number of ether oxygens (including phenoxy) is 1. The van der Waals surface area contributed by atoms with Crippen molar-refractivity contribution in [1.29, 1.82) is 0 Å². The Morgan fingerprint density at radius 2 is 1.86 bits per heavy atom. The van der Waals surface area contributed by atoms with Crippen LogP contribution in [0.5, 0.6) is 0 Å². The topological polar surface area (TPSA) is 92.7 Å². The predicted octanol–water partition coefficient (Wildman–Crippen LogP) is 1.10. The number of hydrogen-bond donors (Lipinski definition) is 2. The molecule has 0 aliphatic heterocycles. The van der Waals surface area contributed by atoms with E-state index in [1.165, 1.54) is 21.0 Å². The van der Waals surface area contributed by atoms with Gasteiger partial charge in [-0.15, -0.1) is 0 Å². The van der Waals surface area contributed by atoms with Crippen molar-refractivity contribution in [2.75, 3.05) is 7.11 Å². The van der Waals surface area contributed by atoms with Gasteiger partial charge in [0.1, 0.15) is 6.04 Å². The molecule has 1 rings (SSSR count). The second kappa shape index (κ2) is 6.88. The summed E-state index contributed by atoms with van der Waals surface area (Å²) in [4.78, 5) is 34.8. The van der Waals surface area contributed by atoms with Crippen LogP contribution in [0.2, 0.25) is 0 Å². The van der Waals surface area contributed by atoms with Crippen LogP contribution in [0.4, 0.5) is 0 Å². The summed E-state index contributed by atoms with van der Waals surface area (Å²) in [5.41, 5.74) is -0.834. The molecule has 21 heavy (non-hydrogen) atoms. The third-order valence-electron chi connectivity index (χ3n) is 3.33. The Labute approximate surface area is 123 Å². The maximum atomic E-state index is 12.0. The van der Waals surface area contributed by atoms with Crippen molar-refractivity contribution in [1.82, 2.24) is 5.32 Å². The number of benzene rings is 1. The molecule has 0 radical (unpaired) electrons. The lowest BCUT2D eigenvalue weighted by molar-refractivity contribution is -0.147. The number of carbonyl (C=O) groups excluding carboxylic acids is 2. The number of carbonyl (C=O) groups is 3.